The van der Waals surface area contributed by atoms with Gasteiger partial charge in [0.1, 0.15) is 0 Å². The highest BCUT2D eigenvalue weighted by molar-refractivity contribution is 9.10. The molecular formula is C24H23BrN4O5S. The molecule has 0 unspecified atom stereocenters. The molecule has 11 heteroatoms. The molecule has 0 aliphatic carbocycles. The second kappa shape index (κ2) is 10.6. The fourth-order valence-corrected chi connectivity index (χ4v) is 4.69. The van der Waals surface area contributed by atoms with Crippen molar-refractivity contribution in [1.82, 2.24) is 15.2 Å². The predicted molar refractivity (Wildman–Crippen MR) is 135 cm³/mol. The molecule has 3 aromatic rings. The first-order valence-corrected chi connectivity index (χ1v) is 12.7. The van der Waals surface area contributed by atoms with Gasteiger partial charge in [-0.15, -0.1) is 10.2 Å². The highest BCUT2D eigenvalue weighted by Crippen LogP contribution is 2.47. The SMILES string of the molecule is CCOc1cc(Br)cc([C@@H]2Oc3nc(SCC)nnc3-c3ccccc3N2C(C)=O)c1OC(C)=O. The Hall–Kier alpha value is -3.18. The van der Waals surface area contributed by atoms with Crippen LogP contribution in [0.5, 0.6) is 17.4 Å². The summed E-state index contributed by atoms with van der Waals surface area (Å²) in [6, 6.07) is 10.7. The van der Waals surface area contributed by atoms with Crippen LogP contribution in [0, 0.1) is 0 Å². The number of esters is 1. The van der Waals surface area contributed by atoms with Gasteiger partial charge in [-0.2, -0.15) is 4.98 Å². The van der Waals surface area contributed by atoms with Gasteiger partial charge in [0.15, 0.2) is 17.2 Å². The van der Waals surface area contributed by atoms with E-state index in [9.17, 15) is 9.59 Å². The number of nitrogens with zero attached hydrogens (tertiary/aromatic N) is 4. The standard InChI is InChI=1S/C24H23BrN4O5S/c1-5-32-19-12-15(25)11-17(21(19)33-14(4)31)23-29(13(3)30)18-10-8-7-9-16(18)20-22(34-23)26-24(28-27-20)35-6-2/h7-12,23H,5-6H2,1-4H3/t23-/m0/s1. The van der Waals surface area contributed by atoms with Crippen LogP contribution in [0.25, 0.3) is 11.3 Å². The number of halogens is 1. The van der Waals surface area contributed by atoms with Crippen molar-refractivity contribution in [3.8, 4) is 28.6 Å². The van der Waals surface area contributed by atoms with E-state index in [1.165, 1.54) is 30.5 Å². The number of rotatable bonds is 6. The third kappa shape index (κ3) is 5.10. The second-order valence-corrected chi connectivity index (χ2v) is 9.55. The van der Waals surface area contributed by atoms with Crippen molar-refractivity contribution in [2.45, 2.75) is 39.1 Å². The molecule has 4 rings (SSSR count). The quantitative estimate of drug-likeness (QED) is 0.230. The summed E-state index contributed by atoms with van der Waals surface area (Å²) < 4.78 is 18.4. The Balaban J connectivity index is 2.01. The van der Waals surface area contributed by atoms with Crippen molar-refractivity contribution in [1.29, 1.82) is 0 Å². The lowest BCUT2D eigenvalue weighted by atomic mass is 10.1. The van der Waals surface area contributed by atoms with E-state index in [0.29, 0.717) is 44.5 Å². The van der Waals surface area contributed by atoms with Gasteiger partial charge in [0.05, 0.1) is 17.9 Å². The van der Waals surface area contributed by atoms with Gasteiger partial charge in [0.2, 0.25) is 23.2 Å². The summed E-state index contributed by atoms with van der Waals surface area (Å²) in [5, 5.41) is 9.05. The number of carbonyl (C=O) groups excluding carboxylic acids is 2. The molecule has 0 N–H and O–H groups in total. The first-order valence-electron chi connectivity index (χ1n) is 10.9. The summed E-state index contributed by atoms with van der Waals surface area (Å²) >= 11 is 4.92. The average molecular weight is 559 g/mol. The van der Waals surface area contributed by atoms with Gasteiger partial charge in [-0.05, 0) is 30.9 Å². The fraction of sp³-hybridized carbons (Fsp3) is 0.292. The molecule has 9 nitrogen and oxygen atoms in total. The molecule has 0 radical (unpaired) electrons. The van der Waals surface area contributed by atoms with Crippen LogP contribution in [0.1, 0.15) is 39.5 Å². The molecule has 1 aliphatic rings. The number of carbonyl (C=O) groups is 2. The van der Waals surface area contributed by atoms with Crippen molar-refractivity contribution >= 4 is 45.3 Å². The zero-order valence-corrected chi connectivity index (χ0v) is 22.0. The second-order valence-electron chi connectivity index (χ2n) is 7.41. The van der Waals surface area contributed by atoms with Crippen LogP contribution in [0.4, 0.5) is 5.69 Å². The van der Waals surface area contributed by atoms with Crippen molar-refractivity contribution in [2.24, 2.45) is 0 Å². The maximum absolute atomic E-state index is 13.1. The molecule has 182 valence electrons. The van der Waals surface area contributed by atoms with E-state index in [1.807, 2.05) is 32.0 Å². The Morgan fingerprint density at radius 1 is 1.17 bits per heavy atom. The van der Waals surface area contributed by atoms with Crippen LogP contribution < -0.4 is 19.1 Å². The van der Waals surface area contributed by atoms with E-state index < -0.39 is 12.2 Å². The Kier molecular flexibility index (Phi) is 7.56. The van der Waals surface area contributed by atoms with Crippen molar-refractivity contribution in [2.75, 3.05) is 17.3 Å². The molecule has 0 spiro atoms. The zero-order valence-electron chi connectivity index (χ0n) is 19.6. The molecule has 2 heterocycles. The summed E-state index contributed by atoms with van der Waals surface area (Å²) in [6.45, 7) is 6.89. The topological polar surface area (TPSA) is 104 Å². The maximum Gasteiger partial charge on any atom is 0.308 e. The number of fused-ring (bicyclic) bond motifs is 3. The number of benzene rings is 2. The molecule has 1 amide bonds. The molecule has 1 aliphatic heterocycles. The number of hydrogen-bond acceptors (Lipinski definition) is 9. The Bertz CT molecular complexity index is 1290. The van der Waals surface area contributed by atoms with E-state index >= 15 is 0 Å². The predicted octanol–water partition coefficient (Wildman–Crippen LogP) is 5.18. The minimum atomic E-state index is -1.04. The summed E-state index contributed by atoms with van der Waals surface area (Å²) in [6.07, 6.45) is -1.04. The Morgan fingerprint density at radius 3 is 2.63 bits per heavy atom. The molecule has 0 saturated carbocycles. The van der Waals surface area contributed by atoms with E-state index in [2.05, 4.69) is 31.1 Å². The number of para-hydroxylation sites is 1. The molecule has 0 fully saturated rings. The summed E-state index contributed by atoms with van der Waals surface area (Å²) in [4.78, 5) is 31.2. The van der Waals surface area contributed by atoms with E-state index in [4.69, 9.17) is 14.2 Å². The van der Waals surface area contributed by atoms with Gasteiger partial charge < -0.3 is 14.2 Å². The van der Waals surface area contributed by atoms with Crippen molar-refractivity contribution < 1.29 is 23.8 Å². The first kappa shape index (κ1) is 24.9. The molecule has 0 bridgehead atoms. The maximum atomic E-state index is 13.1. The van der Waals surface area contributed by atoms with Crippen LogP contribution in [-0.2, 0) is 9.59 Å². The Morgan fingerprint density at radius 2 is 1.94 bits per heavy atom. The van der Waals surface area contributed by atoms with Gasteiger partial charge >= 0.3 is 5.97 Å². The van der Waals surface area contributed by atoms with Gasteiger partial charge in [0, 0.05) is 23.9 Å². The number of hydrogen-bond donors (Lipinski definition) is 0. The Labute approximate surface area is 215 Å². The average Bonchev–Trinajstić information content (AvgIpc) is 2.95. The lowest BCUT2D eigenvalue weighted by molar-refractivity contribution is -0.132. The largest absolute Gasteiger partial charge is 0.490 e. The smallest absolute Gasteiger partial charge is 0.308 e. The normalized spacial score (nSPS) is 14.3. The summed E-state index contributed by atoms with van der Waals surface area (Å²) in [7, 11) is 0. The van der Waals surface area contributed by atoms with Crippen LogP contribution >= 0.6 is 27.7 Å². The summed E-state index contributed by atoms with van der Waals surface area (Å²) in [5.74, 6) is 0.621. The minimum absolute atomic E-state index is 0.157. The van der Waals surface area contributed by atoms with E-state index in [0.717, 1.165) is 5.75 Å². The highest BCUT2D eigenvalue weighted by Gasteiger charge is 2.37. The van der Waals surface area contributed by atoms with Gasteiger partial charge in [0.25, 0.3) is 0 Å². The molecule has 0 saturated heterocycles. The molecule has 1 atom stereocenters. The number of ether oxygens (including phenoxy) is 3. The van der Waals surface area contributed by atoms with E-state index in [1.54, 1.807) is 18.2 Å². The number of anilines is 1. The monoisotopic (exact) mass is 558 g/mol. The van der Waals surface area contributed by atoms with Gasteiger partial charge in [-0.3, -0.25) is 14.5 Å². The highest BCUT2D eigenvalue weighted by atomic mass is 79.9. The van der Waals surface area contributed by atoms with E-state index in [-0.39, 0.29) is 17.5 Å². The van der Waals surface area contributed by atoms with Gasteiger partial charge in [-0.1, -0.05) is 52.8 Å². The number of aromatic nitrogens is 3. The minimum Gasteiger partial charge on any atom is -0.490 e. The fourth-order valence-electron chi connectivity index (χ4n) is 3.73. The molecule has 1 aromatic heterocycles. The number of amides is 1. The lowest BCUT2D eigenvalue weighted by Crippen LogP contribution is -2.36. The van der Waals surface area contributed by atoms with Crippen LogP contribution in [-0.4, -0.2) is 39.4 Å². The molecular weight excluding hydrogens is 536 g/mol. The van der Waals surface area contributed by atoms with Gasteiger partial charge in [-0.25, -0.2) is 0 Å². The van der Waals surface area contributed by atoms with Crippen LogP contribution in [0.2, 0.25) is 0 Å². The first-order chi connectivity index (χ1) is 16.8. The third-order valence-corrected chi connectivity index (χ3v) is 6.16. The zero-order chi connectivity index (χ0) is 25.1. The van der Waals surface area contributed by atoms with Crippen molar-refractivity contribution in [3.63, 3.8) is 0 Å². The molecule has 35 heavy (non-hydrogen) atoms. The van der Waals surface area contributed by atoms with Crippen LogP contribution in [0.15, 0.2) is 46.0 Å². The number of thioether (sulfide) groups is 1. The summed E-state index contributed by atoms with van der Waals surface area (Å²) in [5.41, 5.74) is 2.01. The third-order valence-electron chi connectivity index (χ3n) is 4.98. The van der Waals surface area contributed by atoms with Crippen LogP contribution in [0.3, 0.4) is 0 Å². The lowest BCUT2D eigenvalue weighted by Gasteiger charge is -2.31. The molecule has 2 aromatic carbocycles. The van der Waals surface area contributed by atoms with Crippen molar-refractivity contribution in [3.05, 3.63) is 46.4 Å².